The molecule has 1 rings (SSSR count). The van der Waals surface area contributed by atoms with Gasteiger partial charge in [-0.25, -0.2) is 4.79 Å². The fraction of sp³-hybridized carbons (Fsp3) is 0.364. The minimum absolute atomic E-state index is 0.108. The Bertz CT molecular complexity index is 407. The largest absolute Gasteiger partial charge is 0.478 e. The summed E-state index contributed by atoms with van der Waals surface area (Å²) >= 11 is 0. The van der Waals surface area contributed by atoms with Crippen LogP contribution in [0.3, 0.4) is 0 Å². The topological polar surface area (TPSA) is 58.6 Å². The monoisotopic (exact) mass is 263 g/mol. The average molecular weight is 263 g/mol. The molecule has 0 heterocycles. The molecule has 0 unspecified atom stereocenters. The van der Waals surface area contributed by atoms with Crippen LogP contribution in [0, 0.1) is 0 Å². The van der Waals surface area contributed by atoms with Crippen LogP contribution in [0.1, 0.15) is 10.4 Å². The number of carbonyl (C=O) groups is 1. The molecule has 0 aliphatic heterocycles. The summed E-state index contributed by atoms with van der Waals surface area (Å²) in [5.41, 5.74) is 0.627. The number of aromatic carboxylic acids is 1. The van der Waals surface area contributed by atoms with Crippen LogP contribution in [0.2, 0.25) is 0 Å². The highest BCUT2D eigenvalue weighted by Crippen LogP contribution is 2.14. The predicted molar refractivity (Wildman–Crippen MR) is 58.8 cm³/mol. The van der Waals surface area contributed by atoms with Crippen LogP contribution in [-0.4, -0.2) is 37.0 Å². The van der Waals surface area contributed by atoms with Crippen molar-refractivity contribution in [1.29, 1.82) is 0 Å². The summed E-state index contributed by atoms with van der Waals surface area (Å²) in [5.74, 6) is -1.06. The number of nitrogens with one attached hydrogen (secondary N) is 1. The number of ether oxygens (including phenoxy) is 1. The van der Waals surface area contributed by atoms with Gasteiger partial charge in [0.15, 0.2) is 0 Å². The second kappa shape index (κ2) is 6.25. The summed E-state index contributed by atoms with van der Waals surface area (Å²) in [6.07, 6.45) is -4.33. The van der Waals surface area contributed by atoms with Gasteiger partial charge in [-0.2, -0.15) is 13.2 Å². The first-order valence-electron chi connectivity index (χ1n) is 5.10. The van der Waals surface area contributed by atoms with E-state index in [1.165, 1.54) is 12.1 Å². The second-order valence-corrected chi connectivity index (χ2v) is 3.48. The average Bonchev–Trinajstić information content (AvgIpc) is 2.27. The number of alkyl halides is 3. The fourth-order valence-electron chi connectivity index (χ4n) is 1.22. The maximum Gasteiger partial charge on any atom is 0.411 e. The van der Waals surface area contributed by atoms with Gasteiger partial charge in [-0.1, -0.05) is 6.07 Å². The fourth-order valence-corrected chi connectivity index (χ4v) is 1.22. The maximum atomic E-state index is 11.7. The summed E-state index contributed by atoms with van der Waals surface area (Å²) in [7, 11) is 0. The first-order chi connectivity index (χ1) is 8.38. The van der Waals surface area contributed by atoms with Crippen molar-refractivity contribution in [3.05, 3.63) is 29.8 Å². The molecule has 0 atom stereocenters. The van der Waals surface area contributed by atoms with Crippen molar-refractivity contribution in [3.8, 4) is 0 Å². The standard InChI is InChI=1S/C11H12F3NO3/c12-11(13,14)7-18-5-4-15-9-3-1-2-8(6-9)10(16)17/h1-3,6,15H,4-5,7H2,(H,16,17). The highest BCUT2D eigenvalue weighted by molar-refractivity contribution is 5.88. The molecule has 0 bridgehead atoms. The number of hydrogen-bond donors (Lipinski definition) is 2. The number of rotatable bonds is 6. The molecule has 18 heavy (non-hydrogen) atoms. The lowest BCUT2D eigenvalue weighted by molar-refractivity contribution is -0.172. The van der Waals surface area contributed by atoms with Crippen molar-refractivity contribution in [3.63, 3.8) is 0 Å². The van der Waals surface area contributed by atoms with Crippen molar-refractivity contribution in [2.24, 2.45) is 0 Å². The first-order valence-corrected chi connectivity index (χ1v) is 5.10. The van der Waals surface area contributed by atoms with Gasteiger partial charge in [0, 0.05) is 12.2 Å². The van der Waals surface area contributed by atoms with Gasteiger partial charge in [-0.05, 0) is 18.2 Å². The normalized spacial score (nSPS) is 11.3. The number of carboxylic acids is 1. The van der Waals surface area contributed by atoms with Crippen molar-refractivity contribution < 1.29 is 27.8 Å². The Morgan fingerprint density at radius 3 is 2.72 bits per heavy atom. The van der Waals surface area contributed by atoms with Crippen LogP contribution >= 0.6 is 0 Å². The summed E-state index contributed by atoms with van der Waals surface area (Å²) in [5, 5.41) is 11.5. The van der Waals surface area contributed by atoms with E-state index in [9.17, 15) is 18.0 Å². The minimum Gasteiger partial charge on any atom is -0.478 e. The molecule has 0 saturated heterocycles. The van der Waals surface area contributed by atoms with E-state index in [1.54, 1.807) is 12.1 Å². The van der Waals surface area contributed by atoms with Gasteiger partial charge in [-0.3, -0.25) is 0 Å². The third-order valence-corrected chi connectivity index (χ3v) is 1.95. The Kier molecular flexibility index (Phi) is 4.96. The smallest absolute Gasteiger partial charge is 0.411 e. The SMILES string of the molecule is O=C(O)c1cccc(NCCOCC(F)(F)F)c1. The van der Waals surface area contributed by atoms with E-state index < -0.39 is 18.8 Å². The van der Waals surface area contributed by atoms with Gasteiger partial charge in [0.05, 0.1) is 12.2 Å². The molecule has 0 aliphatic carbocycles. The molecule has 0 saturated carbocycles. The van der Waals surface area contributed by atoms with E-state index in [-0.39, 0.29) is 18.7 Å². The molecule has 1 aromatic rings. The zero-order chi connectivity index (χ0) is 13.6. The Morgan fingerprint density at radius 2 is 2.11 bits per heavy atom. The molecule has 100 valence electrons. The van der Waals surface area contributed by atoms with E-state index in [2.05, 4.69) is 10.1 Å². The summed E-state index contributed by atoms with van der Waals surface area (Å²) in [6.45, 7) is -1.24. The number of halogens is 3. The van der Waals surface area contributed by atoms with Crippen LogP contribution < -0.4 is 5.32 Å². The molecule has 7 heteroatoms. The van der Waals surface area contributed by atoms with E-state index in [4.69, 9.17) is 5.11 Å². The van der Waals surface area contributed by atoms with E-state index in [0.717, 1.165) is 0 Å². The highest BCUT2D eigenvalue weighted by Gasteiger charge is 2.27. The van der Waals surface area contributed by atoms with E-state index in [1.807, 2.05) is 0 Å². The Labute approximate surface area is 101 Å². The van der Waals surface area contributed by atoms with Gasteiger partial charge >= 0.3 is 12.1 Å². The van der Waals surface area contributed by atoms with Gasteiger partial charge in [0.25, 0.3) is 0 Å². The zero-order valence-corrected chi connectivity index (χ0v) is 9.33. The quantitative estimate of drug-likeness (QED) is 0.774. The number of anilines is 1. The summed E-state index contributed by atoms with van der Waals surface area (Å²) in [6, 6.07) is 5.98. The van der Waals surface area contributed by atoms with Gasteiger partial charge in [0.2, 0.25) is 0 Å². The highest BCUT2D eigenvalue weighted by atomic mass is 19.4. The van der Waals surface area contributed by atoms with Gasteiger partial charge in [-0.15, -0.1) is 0 Å². The molecule has 1 aromatic carbocycles. The van der Waals surface area contributed by atoms with Crippen LogP contribution in [0.15, 0.2) is 24.3 Å². The van der Waals surface area contributed by atoms with Gasteiger partial charge in [0.1, 0.15) is 6.61 Å². The number of carboxylic acid groups (broad SMARTS) is 1. The lowest BCUT2D eigenvalue weighted by Crippen LogP contribution is -2.20. The van der Waals surface area contributed by atoms with Crippen molar-refractivity contribution in [2.45, 2.75) is 6.18 Å². The third kappa shape index (κ3) is 5.53. The lowest BCUT2D eigenvalue weighted by Gasteiger charge is -2.09. The Hall–Kier alpha value is -1.76. The van der Waals surface area contributed by atoms with Crippen LogP contribution in [0.5, 0.6) is 0 Å². The summed E-state index contributed by atoms with van der Waals surface area (Å²) in [4.78, 5) is 10.7. The molecule has 0 aromatic heterocycles. The van der Waals surface area contributed by atoms with Crippen LogP contribution in [0.4, 0.5) is 18.9 Å². The summed E-state index contributed by atoms with van der Waals surface area (Å²) < 4.78 is 39.6. The molecular weight excluding hydrogens is 251 g/mol. The minimum atomic E-state index is -4.33. The lowest BCUT2D eigenvalue weighted by atomic mass is 10.2. The number of benzene rings is 1. The molecular formula is C11H12F3NO3. The van der Waals surface area contributed by atoms with Crippen molar-refractivity contribution >= 4 is 11.7 Å². The predicted octanol–water partition coefficient (Wildman–Crippen LogP) is 2.38. The zero-order valence-electron chi connectivity index (χ0n) is 9.33. The molecule has 0 amide bonds. The molecule has 0 aliphatic rings. The van der Waals surface area contributed by atoms with Crippen molar-refractivity contribution in [1.82, 2.24) is 0 Å². The molecule has 0 fully saturated rings. The van der Waals surface area contributed by atoms with Gasteiger partial charge < -0.3 is 15.2 Å². The number of hydrogen-bond acceptors (Lipinski definition) is 3. The second-order valence-electron chi connectivity index (χ2n) is 3.48. The Morgan fingerprint density at radius 1 is 1.39 bits per heavy atom. The molecule has 2 N–H and O–H groups in total. The molecule has 0 spiro atoms. The molecule has 4 nitrogen and oxygen atoms in total. The maximum absolute atomic E-state index is 11.7. The Balaban J connectivity index is 2.31. The van der Waals surface area contributed by atoms with E-state index >= 15 is 0 Å². The van der Waals surface area contributed by atoms with E-state index in [0.29, 0.717) is 5.69 Å². The van der Waals surface area contributed by atoms with Crippen molar-refractivity contribution in [2.75, 3.05) is 25.1 Å². The van der Waals surface area contributed by atoms with Crippen LogP contribution in [0.25, 0.3) is 0 Å². The third-order valence-electron chi connectivity index (χ3n) is 1.95. The van der Waals surface area contributed by atoms with Crippen LogP contribution in [-0.2, 0) is 4.74 Å². The first kappa shape index (κ1) is 14.3. The molecule has 0 radical (unpaired) electrons.